The smallest absolute Gasteiger partial charge is 0.131 e. The third kappa shape index (κ3) is 4.92. The summed E-state index contributed by atoms with van der Waals surface area (Å²) in [5.74, 6) is -1.10. The first-order chi connectivity index (χ1) is 26.6. The van der Waals surface area contributed by atoms with Crippen LogP contribution in [0.15, 0.2) is 176 Å². The molecule has 0 spiro atoms. The molecule has 0 saturated carbocycles. The molecule has 0 radical (unpaired) electrons. The van der Waals surface area contributed by atoms with Gasteiger partial charge in [-0.15, -0.1) is 0 Å². The fraction of sp³-hybridized carbons (Fsp3) is 0. The number of aromatic nitrogens is 2. The predicted octanol–water partition coefficient (Wildman–Crippen LogP) is 13.0. The summed E-state index contributed by atoms with van der Waals surface area (Å²) >= 11 is 0. The first-order valence-corrected chi connectivity index (χ1v) is 17.8. The van der Waals surface area contributed by atoms with E-state index < -0.39 is 11.6 Å². The number of hydrogen-bond donors (Lipinski definition) is 0. The first kappa shape index (κ1) is 31.4. The SMILES string of the molecule is N#Cc1c(-n2c3ccccc3c3ccc(-c4ccccc4)cc32)cc(-c2cc(F)ccc2F)cc1-n1c2ccccc2c2ccc(-c3ccccc3)cc21. The van der Waals surface area contributed by atoms with E-state index in [1.54, 1.807) is 0 Å². The van der Waals surface area contributed by atoms with Gasteiger partial charge in [-0.3, -0.25) is 0 Å². The largest absolute Gasteiger partial charge is 0.308 e. The fourth-order valence-electron chi connectivity index (χ4n) is 8.03. The second-order valence-electron chi connectivity index (χ2n) is 13.5. The van der Waals surface area contributed by atoms with Crippen molar-refractivity contribution in [2.45, 2.75) is 0 Å². The summed E-state index contributed by atoms with van der Waals surface area (Å²) in [4.78, 5) is 0. The van der Waals surface area contributed by atoms with Gasteiger partial charge in [0.05, 0.1) is 33.4 Å². The molecule has 0 aliphatic rings. The minimum atomic E-state index is -0.555. The minimum absolute atomic E-state index is 0.110. The molecule has 10 rings (SSSR count). The van der Waals surface area contributed by atoms with E-state index in [2.05, 4.69) is 88.0 Å². The first-order valence-electron chi connectivity index (χ1n) is 17.8. The molecule has 0 amide bonds. The van der Waals surface area contributed by atoms with Crippen molar-refractivity contribution in [3.63, 3.8) is 0 Å². The van der Waals surface area contributed by atoms with E-state index in [1.807, 2.05) is 84.9 Å². The molecule has 0 fully saturated rings. The van der Waals surface area contributed by atoms with Gasteiger partial charge in [0.1, 0.15) is 23.3 Å². The average molecular weight is 698 g/mol. The van der Waals surface area contributed by atoms with Crippen LogP contribution in [0, 0.1) is 23.0 Å². The average Bonchev–Trinajstić information content (AvgIpc) is 3.74. The van der Waals surface area contributed by atoms with E-state index in [0.717, 1.165) is 78.0 Å². The molecule has 0 unspecified atom stereocenters. The number of fused-ring (bicyclic) bond motifs is 6. The molecule has 3 nitrogen and oxygen atoms in total. The van der Waals surface area contributed by atoms with Crippen LogP contribution in [-0.2, 0) is 0 Å². The monoisotopic (exact) mass is 697 g/mol. The zero-order valence-corrected chi connectivity index (χ0v) is 28.8. The van der Waals surface area contributed by atoms with Gasteiger partial charge in [-0.05, 0) is 82.4 Å². The highest BCUT2D eigenvalue weighted by molar-refractivity contribution is 6.12. The van der Waals surface area contributed by atoms with Crippen molar-refractivity contribution in [3.8, 4) is 50.8 Å². The standard InChI is InChI=1S/C49H29F2N3/c50-36-21-24-43(51)41(29-36)35-27-48(53-44-17-9-7-15-37(44)39-22-19-33(25-46(39)53)31-11-3-1-4-12-31)42(30-52)49(28-35)54-45-18-10-8-16-38(45)40-23-20-34(26-47(40)54)32-13-5-2-6-14-32/h1-29H. The maximum Gasteiger partial charge on any atom is 0.131 e. The number of rotatable bonds is 5. The molecule has 0 atom stereocenters. The van der Waals surface area contributed by atoms with Crippen LogP contribution in [0.3, 0.4) is 0 Å². The minimum Gasteiger partial charge on any atom is -0.308 e. The molecule has 254 valence electrons. The van der Waals surface area contributed by atoms with E-state index in [-0.39, 0.29) is 5.56 Å². The molecule has 0 bridgehead atoms. The Hall–Kier alpha value is -7.29. The van der Waals surface area contributed by atoms with Crippen molar-refractivity contribution in [1.29, 1.82) is 5.26 Å². The molecule has 10 aromatic rings. The Bertz CT molecular complexity index is 2950. The molecule has 54 heavy (non-hydrogen) atoms. The molecule has 0 aliphatic heterocycles. The van der Waals surface area contributed by atoms with Crippen LogP contribution in [0.4, 0.5) is 8.78 Å². The molecule has 2 aromatic heterocycles. The van der Waals surface area contributed by atoms with E-state index in [4.69, 9.17) is 0 Å². The zero-order valence-electron chi connectivity index (χ0n) is 28.8. The van der Waals surface area contributed by atoms with Crippen LogP contribution in [-0.4, -0.2) is 9.13 Å². The molecule has 0 aliphatic carbocycles. The van der Waals surface area contributed by atoms with Gasteiger partial charge in [-0.1, -0.05) is 121 Å². The van der Waals surface area contributed by atoms with E-state index in [9.17, 15) is 9.65 Å². The summed E-state index contributed by atoms with van der Waals surface area (Å²) in [5, 5.41) is 15.4. The number of benzene rings is 8. The Morgan fingerprint density at radius 1 is 0.389 bits per heavy atom. The third-order valence-electron chi connectivity index (χ3n) is 10.5. The van der Waals surface area contributed by atoms with Crippen molar-refractivity contribution in [2.24, 2.45) is 0 Å². The fourth-order valence-corrected chi connectivity index (χ4v) is 8.03. The Balaban J connectivity index is 1.36. The van der Waals surface area contributed by atoms with Crippen molar-refractivity contribution >= 4 is 43.6 Å². The van der Waals surface area contributed by atoms with E-state index in [1.165, 1.54) is 6.07 Å². The Kier molecular flexibility index (Phi) is 7.24. The number of halogens is 2. The summed E-state index contributed by atoms with van der Waals surface area (Å²) in [6.07, 6.45) is 0. The lowest BCUT2D eigenvalue weighted by Crippen LogP contribution is -2.05. The number of para-hydroxylation sites is 2. The molecular formula is C49H29F2N3. The summed E-state index contributed by atoms with van der Waals surface area (Å²) in [5.41, 5.74) is 9.83. The second kappa shape index (κ2) is 12.4. The normalized spacial score (nSPS) is 11.5. The van der Waals surface area contributed by atoms with Gasteiger partial charge in [0.25, 0.3) is 0 Å². The highest BCUT2D eigenvalue weighted by Crippen LogP contribution is 2.42. The van der Waals surface area contributed by atoms with Crippen LogP contribution >= 0.6 is 0 Å². The zero-order chi connectivity index (χ0) is 36.3. The third-order valence-corrected chi connectivity index (χ3v) is 10.5. The quantitative estimate of drug-likeness (QED) is 0.176. The highest BCUT2D eigenvalue weighted by Gasteiger charge is 2.24. The summed E-state index contributed by atoms with van der Waals surface area (Å²) in [6, 6.07) is 59.1. The van der Waals surface area contributed by atoms with Gasteiger partial charge in [-0.2, -0.15) is 5.26 Å². The number of nitriles is 1. The molecule has 2 heterocycles. The second-order valence-corrected chi connectivity index (χ2v) is 13.5. The van der Waals surface area contributed by atoms with Gasteiger partial charge in [0, 0.05) is 27.1 Å². The van der Waals surface area contributed by atoms with Crippen molar-refractivity contribution in [3.05, 3.63) is 193 Å². The predicted molar refractivity (Wildman–Crippen MR) is 216 cm³/mol. The van der Waals surface area contributed by atoms with Crippen molar-refractivity contribution in [1.82, 2.24) is 9.13 Å². The Morgan fingerprint density at radius 2 is 0.852 bits per heavy atom. The van der Waals surface area contributed by atoms with E-state index >= 15 is 4.39 Å². The lowest BCUT2D eigenvalue weighted by Gasteiger charge is -2.19. The Labute approximate surface area is 309 Å². The van der Waals surface area contributed by atoms with Gasteiger partial charge >= 0.3 is 0 Å². The summed E-state index contributed by atoms with van der Waals surface area (Å²) in [7, 11) is 0. The highest BCUT2D eigenvalue weighted by atomic mass is 19.1. The lowest BCUT2D eigenvalue weighted by atomic mass is 9.99. The van der Waals surface area contributed by atoms with Gasteiger partial charge in [-0.25, -0.2) is 8.78 Å². The summed E-state index contributed by atoms with van der Waals surface area (Å²) < 4.78 is 35.0. The number of hydrogen-bond acceptors (Lipinski definition) is 1. The number of nitrogens with zero attached hydrogens (tertiary/aromatic N) is 3. The van der Waals surface area contributed by atoms with Gasteiger partial charge < -0.3 is 9.13 Å². The maximum absolute atomic E-state index is 15.8. The van der Waals surface area contributed by atoms with Crippen LogP contribution in [0.5, 0.6) is 0 Å². The van der Waals surface area contributed by atoms with Crippen molar-refractivity contribution in [2.75, 3.05) is 0 Å². The topological polar surface area (TPSA) is 33.6 Å². The van der Waals surface area contributed by atoms with E-state index in [0.29, 0.717) is 22.5 Å². The van der Waals surface area contributed by atoms with Gasteiger partial charge in [0.2, 0.25) is 0 Å². The van der Waals surface area contributed by atoms with Crippen LogP contribution in [0.2, 0.25) is 0 Å². The Morgan fingerprint density at radius 3 is 1.35 bits per heavy atom. The summed E-state index contributed by atoms with van der Waals surface area (Å²) in [6.45, 7) is 0. The van der Waals surface area contributed by atoms with Crippen LogP contribution in [0.25, 0.3) is 88.4 Å². The molecular weight excluding hydrogens is 669 g/mol. The van der Waals surface area contributed by atoms with Crippen molar-refractivity contribution < 1.29 is 8.78 Å². The van der Waals surface area contributed by atoms with Gasteiger partial charge in [0.15, 0.2) is 0 Å². The van der Waals surface area contributed by atoms with Crippen LogP contribution < -0.4 is 0 Å². The van der Waals surface area contributed by atoms with Crippen LogP contribution in [0.1, 0.15) is 5.56 Å². The molecule has 0 saturated heterocycles. The molecule has 8 aromatic carbocycles. The maximum atomic E-state index is 15.8. The lowest BCUT2D eigenvalue weighted by molar-refractivity contribution is 0.603. The molecule has 0 N–H and O–H groups in total. The molecule has 5 heteroatoms.